The zero-order valence-electron chi connectivity index (χ0n) is 9.91. The lowest BCUT2D eigenvalue weighted by Gasteiger charge is -2.22. The lowest BCUT2D eigenvalue weighted by atomic mass is 9.95. The highest BCUT2D eigenvalue weighted by Gasteiger charge is 2.13. The van der Waals surface area contributed by atoms with Gasteiger partial charge >= 0.3 is 0 Å². The Labute approximate surface area is 101 Å². The third-order valence-electron chi connectivity index (χ3n) is 3.14. The number of amides is 1. The summed E-state index contributed by atoms with van der Waals surface area (Å²) in [4.78, 5) is 11.5. The third-order valence-corrected chi connectivity index (χ3v) is 3.14. The molecule has 2 heterocycles. The first-order chi connectivity index (χ1) is 8.34. The standard InChI is InChI=1S/C11H19N5O/c17-11(7-10-8-14-16-15-10)13-6-3-9-1-4-12-5-2-9/h8-9,12H,1-7H2,(H,13,17)(H,14,15,16). The van der Waals surface area contributed by atoms with Crippen molar-refractivity contribution in [2.75, 3.05) is 19.6 Å². The molecule has 3 N–H and O–H groups in total. The third kappa shape index (κ3) is 4.14. The van der Waals surface area contributed by atoms with Gasteiger partial charge in [0, 0.05) is 12.7 Å². The molecule has 1 amide bonds. The fourth-order valence-corrected chi connectivity index (χ4v) is 2.12. The summed E-state index contributed by atoms with van der Waals surface area (Å²) in [6.07, 6.45) is 5.47. The van der Waals surface area contributed by atoms with Gasteiger partial charge in [-0.25, -0.2) is 0 Å². The van der Waals surface area contributed by atoms with Gasteiger partial charge in [0.1, 0.15) is 0 Å². The second-order valence-corrected chi connectivity index (χ2v) is 4.47. The molecule has 0 aromatic carbocycles. The molecular weight excluding hydrogens is 218 g/mol. The number of carbonyl (C=O) groups is 1. The fraction of sp³-hybridized carbons (Fsp3) is 0.727. The Morgan fingerprint density at radius 2 is 2.29 bits per heavy atom. The molecule has 0 bridgehead atoms. The van der Waals surface area contributed by atoms with Gasteiger partial charge in [0.25, 0.3) is 0 Å². The van der Waals surface area contributed by atoms with Gasteiger partial charge in [0.05, 0.1) is 12.1 Å². The minimum atomic E-state index is 0.0211. The van der Waals surface area contributed by atoms with Crippen LogP contribution >= 0.6 is 0 Å². The van der Waals surface area contributed by atoms with Gasteiger partial charge in [-0.05, 0) is 38.3 Å². The Morgan fingerprint density at radius 3 is 3.00 bits per heavy atom. The molecule has 1 fully saturated rings. The number of H-pyrrole nitrogens is 1. The zero-order valence-corrected chi connectivity index (χ0v) is 9.91. The van der Waals surface area contributed by atoms with Crippen LogP contribution < -0.4 is 10.6 Å². The van der Waals surface area contributed by atoms with Gasteiger partial charge in [-0.1, -0.05) is 5.21 Å². The van der Waals surface area contributed by atoms with Crippen molar-refractivity contribution in [1.82, 2.24) is 26.0 Å². The van der Waals surface area contributed by atoms with E-state index in [1.54, 1.807) is 6.20 Å². The second kappa shape index (κ2) is 6.34. The molecule has 94 valence electrons. The van der Waals surface area contributed by atoms with Crippen molar-refractivity contribution in [2.45, 2.75) is 25.7 Å². The molecule has 0 radical (unpaired) electrons. The summed E-state index contributed by atoms with van der Waals surface area (Å²) >= 11 is 0. The summed E-state index contributed by atoms with van der Waals surface area (Å²) in [7, 11) is 0. The average Bonchev–Trinajstić information content (AvgIpc) is 2.83. The van der Waals surface area contributed by atoms with Crippen LogP contribution in [-0.2, 0) is 11.2 Å². The number of hydrogen-bond donors (Lipinski definition) is 3. The second-order valence-electron chi connectivity index (χ2n) is 4.47. The van der Waals surface area contributed by atoms with Crippen LogP contribution in [0, 0.1) is 5.92 Å². The van der Waals surface area contributed by atoms with Gasteiger partial charge < -0.3 is 10.6 Å². The van der Waals surface area contributed by atoms with Crippen molar-refractivity contribution in [3.63, 3.8) is 0 Å². The van der Waals surface area contributed by atoms with E-state index in [9.17, 15) is 4.79 Å². The van der Waals surface area contributed by atoms with Crippen molar-refractivity contribution < 1.29 is 4.79 Å². The number of aromatic nitrogens is 3. The summed E-state index contributed by atoms with van der Waals surface area (Å²) < 4.78 is 0. The first-order valence-corrected chi connectivity index (χ1v) is 6.17. The molecule has 1 aromatic rings. The molecule has 1 saturated heterocycles. The molecule has 17 heavy (non-hydrogen) atoms. The maximum atomic E-state index is 11.5. The number of nitrogens with zero attached hydrogens (tertiary/aromatic N) is 2. The fourth-order valence-electron chi connectivity index (χ4n) is 2.12. The van der Waals surface area contributed by atoms with E-state index in [2.05, 4.69) is 26.0 Å². The van der Waals surface area contributed by atoms with Crippen LogP contribution in [0.5, 0.6) is 0 Å². The van der Waals surface area contributed by atoms with Crippen LogP contribution in [0.4, 0.5) is 0 Å². The normalized spacial score (nSPS) is 16.9. The van der Waals surface area contributed by atoms with E-state index >= 15 is 0 Å². The Kier molecular flexibility index (Phi) is 4.49. The van der Waals surface area contributed by atoms with Crippen LogP contribution in [0.15, 0.2) is 6.20 Å². The molecule has 1 aliphatic heterocycles. The number of nitrogens with one attached hydrogen (secondary N) is 3. The van der Waals surface area contributed by atoms with Crippen molar-refractivity contribution in [3.05, 3.63) is 11.9 Å². The minimum absolute atomic E-state index is 0.0211. The maximum Gasteiger partial charge on any atom is 0.226 e. The van der Waals surface area contributed by atoms with Crippen molar-refractivity contribution >= 4 is 5.91 Å². The van der Waals surface area contributed by atoms with Crippen LogP contribution in [0.2, 0.25) is 0 Å². The summed E-state index contributed by atoms with van der Waals surface area (Å²) in [6.45, 7) is 2.98. The summed E-state index contributed by atoms with van der Waals surface area (Å²) in [6, 6.07) is 0. The van der Waals surface area contributed by atoms with Gasteiger partial charge in [-0.3, -0.25) is 9.89 Å². The van der Waals surface area contributed by atoms with Crippen molar-refractivity contribution in [3.8, 4) is 0 Å². The van der Waals surface area contributed by atoms with Crippen LogP contribution in [0.3, 0.4) is 0 Å². The van der Waals surface area contributed by atoms with Gasteiger partial charge in [0.15, 0.2) is 0 Å². The molecular formula is C11H19N5O. The number of rotatable bonds is 5. The highest BCUT2D eigenvalue weighted by molar-refractivity contribution is 5.77. The largest absolute Gasteiger partial charge is 0.356 e. The summed E-state index contributed by atoms with van der Waals surface area (Å²) in [5, 5.41) is 16.2. The zero-order chi connectivity index (χ0) is 11.9. The highest BCUT2D eigenvalue weighted by atomic mass is 16.1. The van der Waals surface area contributed by atoms with E-state index in [0.29, 0.717) is 12.1 Å². The molecule has 1 aromatic heterocycles. The predicted molar refractivity (Wildman–Crippen MR) is 63.3 cm³/mol. The van der Waals surface area contributed by atoms with Gasteiger partial charge in [-0.2, -0.15) is 0 Å². The first-order valence-electron chi connectivity index (χ1n) is 6.17. The van der Waals surface area contributed by atoms with Crippen LogP contribution in [0.1, 0.15) is 25.0 Å². The smallest absolute Gasteiger partial charge is 0.226 e. The number of carbonyl (C=O) groups excluding carboxylic acids is 1. The quantitative estimate of drug-likeness (QED) is 0.665. The number of piperidine rings is 1. The number of hydrogen-bond acceptors (Lipinski definition) is 4. The molecule has 6 nitrogen and oxygen atoms in total. The van der Waals surface area contributed by atoms with E-state index < -0.39 is 0 Å². The van der Waals surface area contributed by atoms with Gasteiger partial charge in [-0.15, -0.1) is 5.10 Å². The van der Waals surface area contributed by atoms with E-state index in [0.717, 1.165) is 32.0 Å². The van der Waals surface area contributed by atoms with Crippen LogP contribution in [-0.4, -0.2) is 41.0 Å². The average molecular weight is 237 g/mol. The highest BCUT2D eigenvalue weighted by Crippen LogP contribution is 2.14. The molecule has 0 saturated carbocycles. The Hall–Kier alpha value is -1.43. The molecule has 0 atom stereocenters. The molecule has 1 aliphatic rings. The molecule has 0 spiro atoms. The predicted octanol–water partition coefficient (Wildman–Crippen LogP) is -0.147. The molecule has 6 heteroatoms. The summed E-state index contributed by atoms with van der Waals surface area (Å²) in [5.74, 6) is 0.774. The Balaban J connectivity index is 1.59. The molecule has 0 aliphatic carbocycles. The summed E-state index contributed by atoms with van der Waals surface area (Å²) in [5.41, 5.74) is 0.685. The topological polar surface area (TPSA) is 82.7 Å². The Morgan fingerprint density at radius 1 is 1.47 bits per heavy atom. The minimum Gasteiger partial charge on any atom is -0.356 e. The Bertz CT molecular complexity index is 332. The van der Waals surface area contributed by atoms with Crippen molar-refractivity contribution in [1.29, 1.82) is 0 Å². The van der Waals surface area contributed by atoms with E-state index in [1.807, 2.05) is 0 Å². The lowest BCUT2D eigenvalue weighted by Crippen LogP contribution is -2.32. The van der Waals surface area contributed by atoms with Gasteiger partial charge in [0.2, 0.25) is 5.91 Å². The van der Waals surface area contributed by atoms with E-state index in [-0.39, 0.29) is 5.91 Å². The van der Waals surface area contributed by atoms with Crippen molar-refractivity contribution in [2.24, 2.45) is 5.92 Å². The SMILES string of the molecule is O=C(Cc1c[nH]nn1)NCCC1CCNCC1. The van der Waals surface area contributed by atoms with Crippen LogP contribution in [0.25, 0.3) is 0 Å². The lowest BCUT2D eigenvalue weighted by molar-refractivity contribution is -0.120. The first kappa shape index (κ1) is 12.0. The molecule has 2 rings (SSSR count). The van der Waals surface area contributed by atoms with E-state index in [4.69, 9.17) is 0 Å². The molecule has 0 unspecified atom stereocenters. The van der Waals surface area contributed by atoms with E-state index in [1.165, 1.54) is 12.8 Å². The monoisotopic (exact) mass is 237 g/mol. The number of aromatic amines is 1. The maximum absolute atomic E-state index is 11.5.